The normalized spacial score (nSPS) is 30.5. The summed E-state index contributed by atoms with van der Waals surface area (Å²) < 4.78 is 10.5. The minimum absolute atomic E-state index is 0.426. The molecule has 1 aliphatic rings. The number of aliphatic hydroxyl groups excluding tert-OH is 1. The Kier molecular flexibility index (Phi) is 4.53. The molecular weight excluding hydrogens is 158 g/mol. The van der Waals surface area contributed by atoms with Crippen LogP contribution in [-0.2, 0) is 9.47 Å². The van der Waals surface area contributed by atoms with E-state index in [4.69, 9.17) is 15.2 Å². The molecule has 0 aromatic rings. The molecule has 2 atom stereocenters. The van der Waals surface area contributed by atoms with Crippen LogP contribution >= 0.6 is 0 Å². The van der Waals surface area contributed by atoms with Gasteiger partial charge in [0, 0.05) is 6.61 Å². The molecule has 72 valence electrons. The summed E-state index contributed by atoms with van der Waals surface area (Å²) in [4.78, 5) is 0. The number of hydrogen-bond acceptors (Lipinski definition) is 4. The minimum atomic E-state index is -0.462. The topological polar surface area (TPSA) is 64.7 Å². The van der Waals surface area contributed by atoms with Gasteiger partial charge in [0.2, 0.25) is 0 Å². The van der Waals surface area contributed by atoms with Gasteiger partial charge < -0.3 is 20.3 Å². The molecule has 0 aromatic carbocycles. The summed E-state index contributed by atoms with van der Waals surface area (Å²) >= 11 is 0. The summed E-state index contributed by atoms with van der Waals surface area (Å²) in [5, 5.41) is 9.39. The summed E-state index contributed by atoms with van der Waals surface area (Å²) in [7, 11) is 0. The predicted octanol–water partition coefficient (Wildman–Crippen LogP) is -0.151. The van der Waals surface area contributed by atoms with Crippen LogP contribution in [0.25, 0.3) is 0 Å². The van der Waals surface area contributed by atoms with Crippen molar-refractivity contribution in [3.63, 3.8) is 0 Å². The van der Waals surface area contributed by atoms with Crippen molar-refractivity contribution in [1.82, 2.24) is 0 Å². The smallest absolute Gasteiger partial charge is 0.183 e. The third-order valence-electron chi connectivity index (χ3n) is 1.87. The van der Waals surface area contributed by atoms with Gasteiger partial charge in [0.25, 0.3) is 0 Å². The average molecular weight is 175 g/mol. The Balaban J connectivity index is 2.11. The Bertz CT molecular complexity index is 121. The molecule has 0 saturated carbocycles. The van der Waals surface area contributed by atoms with Gasteiger partial charge in [0.05, 0.1) is 6.61 Å². The van der Waals surface area contributed by atoms with E-state index in [9.17, 15) is 5.11 Å². The maximum absolute atomic E-state index is 9.39. The summed E-state index contributed by atoms with van der Waals surface area (Å²) in [6, 6.07) is 0. The molecule has 3 N–H and O–H groups in total. The van der Waals surface area contributed by atoms with Crippen LogP contribution < -0.4 is 5.73 Å². The van der Waals surface area contributed by atoms with E-state index in [1.807, 2.05) is 0 Å². The summed E-state index contributed by atoms with van der Waals surface area (Å²) in [6.07, 6.45) is 1.61. The van der Waals surface area contributed by atoms with Crippen LogP contribution in [0.15, 0.2) is 0 Å². The highest BCUT2D eigenvalue weighted by molar-refractivity contribution is 4.65. The molecular formula is C8H17NO3. The second-order valence-corrected chi connectivity index (χ2v) is 2.96. The van der Waals surface area contributed by atoms with Crippen LogP contribution in [-0.4, -0.2) is 37.3 Å². The van der Waals surface area contributed by atoms with E-state index in [0.29, 0.717) is 19.8 Å². The number of ether oxygens (including phenoxy) is 2. The van der Waals surface area contributed by atoms with Crippen LogP contribution in [0.4, 0.5) is 0 Å². The first-order valence-corrected chi connectivity index (χ1v) is 4.46. The van der Waals surface area contributed by atoms with Crippen molar-refractivity contribution in [1.29, 1.82) is 0 Å². The SMILES string of the molecule is NCCCOC1OCCCC1O. The highest BCUT2D eigenvalue weighted by Gasteiger charge is 2.23. The minimum Gasteiger partial charge on any atom is -0.388 e. The molecule has 4 heteroatoms. The lowest BCUT2D eigenvalue weighted by Crippen LogP contribution is -2.36. The summed E-state index contributed by atoms with van der Waals surface area (Å²) in [5.41, 5.74) is 5.30. The summed E-state index contributed by atoms with van der Waals surface area (Å²) in [5.74, 6) is 0. The lowest BCUT2D eigenvalue weighted by atomic mass is 10.1. The highest BCUT2D eigenvalue weighted by Crippen LogP contribution is 2.14. The van der Waals surface area contributed by atoms with Gasteiger partial charge in [-0.05, 0) is 25.8 Å². The molecule has 0 aliphatic carbocycles. The Morgan fingerprint density at radius 2 is 2.42 bits per heavy atom. The van der Waals surface area contributed by atoms with Gasteiger partial charge >= 0.3 is 0 Å². The van der Waals surface area contributed by atoms with Crippen LogP contribution in [0, 0.1) is 0 Å². The molecule has 4 nitrogen and oxygen atoms in total. The quantitative estimate of drug-likeness (QED) is 0.583. The lowest BCUT2D eigenvalue weighted by Gasteiger charge is -2.27. The highest BCUT2D eigenvalue weighted by atomic mass is 16.7. The van der Waals surface area contributed by atoms with Gasteiger partial charge in [-0.3, -0.25) is 0 Å². The summed E-state index contributed by atoms with van der Waals surface area (Å²) in [6.45, 7) is 1.87. The van der Waals surface area contributed by atoms with E-state index in [-0.39, 0.29) is 0 Å². The van der Waals surface area contributed by atoms with Crippen molar-refractivity contribution in [2.24, 2.45) is 5.73 Å². The van der Waals surface area contributed by atoms with Crippen molar-refractivity contribution in [3.05, 3.63) is 0 Å². The number of hydrogen-bond donors (Lipinski definition) is 2. The van der Waals surface area contributed by atoms with Crippen LogP contribution in [0.2, 0.25) is 0 Å². The van der Waals surface area contributed by atoms with E-state index in [1.54, 1.807) is 0 Å². The molecule has 0 radical (unpaired) electrons. The predicted molar refractivity (Wildman–Crippen MR) is 44.6 cm³/mol. The largest absolute Gasteiger partial charge is 0.388 e. The van der Waals surface area contributed by atoms with Gasteiger partial charge in [0.15, 0.2) is 6.29 Å². The molecule has 1 fully saturated rings. The Hall–Kier alpha value is -0.160. The number of aliphatic hydroxyl groups is 1. The van der Waals surface area contributed by atoms with E-state index >= 15 is 0 Å². The van der Waals surface area contributed by atoms with Gasteiger partial charge in [0.1, 0.15) is 6.10 Å². The third-order valence-corrected chi connectivity index (χ3v) is 1.87. The molecule has 0 spiro atoms. The van der Waals surface area contributed by atoms with Crippen molar-refractivity contribution in [2.75, 3.05) is 19.8 Å². The third kappa shape index (κ3) is 3.06. The molecule has 1 aliphatic heterocycles. The first-order valence-electron chi connectivity index (χ1n) is 4.46. The van der Waals surface area contributed by atoms with Crippen molar-refractivity contribution >= 4 is 0 Å². The van der Waals surface area contributed by atoms with Crippen molar-refractivity contribution < 1.29 is 14.6 Å². The molecule has 2 unspecified atom stereocenters. The van der Waals surface area contributed by atoms with Crippen molar-refractivity contribution in [2.45, 2.75) is 31.7 Å². The van der Waals surface area contributed by atoms with E-state index in [2.05, 4.69) is 0 Å². The standard InChI is InChI=1S/C8H17NO3/c9-4-2-6-12-8-7(10)3-1-5-11-8/h7-8,10H,1-6,9H2. The molecule has 1 heterocycles. The number of rotatable bonds is 4. The van der Waals surface area contributed by atoms with E-state index in [0.717, 1.165) is 19.3 Å². The van der Waals surface area contributed by atoms with E-state index < -0.39 is 12.4 Å². The maximum atomic E-state index is 9.39. The van der Waals surface area contributed by atoms with E-state index in [1.165, 1.54) is 0 Å². The zero-order chi connectivity index (χ0) is 8.81. The zero-order valence-electron chi connectivity index (χ0n) is 7.24. The monoisotopic (exact) mass is 175 g/mol. The van der Waals surface area contributed by atoms with Gasteiger partial charge in [-0.25, -0.2) is 0 Å². The molecule has 0 aromatic heterocycles. The van der Waals surface area contributed by atoms with Gasteiger partial charge in [-0.1, -0.05) is 0 Å². The van der Waals surface area contributed by atoms with Crippen molar-refractivity contribution in [3.8, 4) is 0 Å². The van der Waals surface area contributed by atoms with Crippen LogP contribution in [0.1, 0.15) is 19.3 Å². The zero-order valence-corrected chi connectivity index (χ0v) is 7.24. The Morgan fingerprint density at radius 1 is 1.58 bits per heavy atom. The average Bonchev–Trinajstić information content (AvgIpc) is 2.09. The fraction of sp³-hybridized carbons (Fsp3) is 1.00. The second kappa shape index (κ2) is 5.48. The molecule has 12 heavy (non-hydrogen) atoms. The Morgan fingerprint density at radius 3 is 3.08 bits per heavy atom. The van der Waals surface area contributed by atoms with Gasteiger partial charge in [-0.2, -0.15) is 0 Å². The number of nitrogens with two attached hydrogens (primary N) is 1. The Labute approximate surface area is 72.6 Å². The van der Waals surface area contributed by atoms with Crippen LogP contribution in [0.3, 0.4) is 0 Å². The fourth-order valence-electron chi connectivity index (χ4n) is 1.18. The molecule has 0 bridgehead atoms. The molecule has 1 saturated heterocycles. The maximum Gasteiger partial charge on any atom is 0.183 e. The van der Waals surface area contributed by atoms with Gasteiger partial charge in [-0.15, -0.1) is 0 Å². The second-order valence-electron chi connectivity index (χ2n) is 2.96. The lowest BCUT2D eigenvalue weighted by molar-refractivity contribution is -0.214. The molecule has 1 rings (SSSR count). The first-order chi connectivity index (χ1) is 5.84. The van der Waals surface area contributed by atoms with Crippen LogP contribution in [0.5, 0.6) is 0 Å². The first kappa shape index (κ1) is 9.92. The molecule has 0 amide bonds. The fourth-order valence-corrected chi connectivity index (χ4v) is 1.18.